The van der Waals surface area contributed by atoms with E-state index in [-0.39, 0.29) is 35.4 Å². The molecule has 0 heterocycles. The van der Waals surface area contributed by atoms with Gasteiger partial charge >= 0.3 is 0 Å². The number of carbonyl (C=O) groups is 3. The van der Waals surface area contributed by atoms with E-state index in [1.165, 1.54) is 4.90 Å². The van der Waals surface area contributed by atoms with E-state index in [2.05, 4.69) is 11.2 Å². The zero-order valence-electron chi connectivity index (χ0n) is 24.3. The summed E-state index contributed by atoms with van der Waals surface area (Å²) in [7, 11) is 6.79. The quantitative estimate of drug-likeness (QED) is 0.166. The van der Waals surface area contributed by atoms with Gasteiger partial charge in [0.05, 0.1) is 17.3 Å². The molecule has 0 spiro atoms. The average Bonchev–Trinajstić information content (AvgIpc) is 2.94. The summed E-state index contributed by atoms with van der Waals surface area (Å²) in [5.41, 5.74) is 4.69. The number of amides is 1. The van der Waals surface area contributed by atoms with Crippen molar-refractivity contribution in [1.29, 1.82) is 0 Å². The number of hydrogen-bond acceptors (Lipinski definition) is 10. The van der Waals surface area contributed by atoms with Gasteiger partial charge < -0.3 is 36.4 Å². The number of allylic oxidation sites excluding steroid dienone is 1. The summed E-state index contributed by atoms with van der Waals surface area (Å²) >= 11 is 0. The zero-order chi connectivity index (χ0) is 31.5. The predicted molar refractivity (Wildman–Crippen MR) is 160 cm³/mol. The van der Waals surface area contributed by atoms with Gasteiger partial charge in [-0.15, -0.1) is 6.42 Å². The molecular weight excluding hydrogens is 552 g/mol. The fraction of sp³-hybridized carbons (Fsp3) is 0.344. The molecule has 11 heteroatoms. The fourth-order valence-electron chi connectivity index (χ4n) is 6.75. The van der Waals surface area contributed by atoms with E-state index >= 15 is 0 Å². The first-order valence-corrected chi connectivity index (χ1v) is 13.7. The number of anilines is 2. The molecule has 3 aliphatic carbocycles. The van der Waals surface area contributed by atoms with Gasteiger partial charge in [-0.25, -0.2) is 0 Å². The van der Waals surface area contributed by atoms with Crippen LogP contribution in [0.2, 0.25) is 0 Å². The summed E-state index contributed by atoms with van der Waals surface area (Å²) in [5, 5.41) is 48.8. The van der Waals surface area contributed by atoms with Crippen molar-refractivity contribution in [1.82, 2.24) is 4.90 Å². The Morgan fingerprint density at radius 3 is 2.35 bits per heavy atom. The van der Waals surface area contributed by atoms with Gasteiger partial charge in [-0.2, -0.15) is 0 Å². The van der Waals surface area contributed by atoms with Crippen molar-refractivity contribution in [3.63, 3.8) is 0 Å². The van der Waals surface area contributed by atoms with Crippen LogP contribution in [0.15, 0.2) is 53.0 Å². The molecule has 0 unspecified atom stereocenters. The molecule has 0 saturated carbocycles. The van der Waals surface area contributed by atoms with Crippen LogP contribution in [0.25, 0.3) is 0 Å². The van der Waals surface area contributed by atoms with E-state index in [0.29, 0.717) is 17.8 Å². The lowest BCUT2D eigenvalue weighted by atomic mass is 9.58. The standard InChI is InChI=1S/C32H34N4O7/c1-6-15-7-9-16(10-8-15)14-34-20-13-21(35(2)3)18-11-17-12-19-25(36(4)5)28(39)24(31(33)42)30(41)32(19,43)29(40)22(17)27(38)23(18)26(20)37/h1,7-10,13,17,19,25,34,37,39-40,43H,11-12,14H2,2-5H3,(H2,33,42)/t17-,19-,25-,32-/m0/s1. The van der Waals surface area contributed by atoms with Crippen LogP contribution in [0.3, 0.4) is 0 Å². The molecule has 0 bridgehead atoms. The third-order valence-corrected chi connectivity index (χ3v) is 8.78. The second kappa shape index (κ2) is 10.5. The largest absolute Gasteiger partial charge is 0.510 e. The van der Waals surface area contributed by atoms with Gasteiger partial charge in [0.15, 0.2) is 11.4 Å². The van der Waals surface area contributed by atoms with Gasteiger partial charge in [0, 0.05) is 43.4 Å². The minimum Gasteiger partial charge on any atom is -0.510 e. The van der Waals surface area contributed by atoms with Crippen LogP contribution < -0.4 is 16.0 Å². The molecule has 3 aliphatic rings. The number of ketones is 2. The summed E-state index contributed by atoms with van der Waals surface area (Å²) in [6.07, 6.45) is 5.65. The number of fused-ring (bicyclic) bond motifs is 3. The smallest absolute Gasteiger partial charge is 0.255 e. The highest BCUT2D eigenvalue weighted by Gasteiger charge is 2.63. The first-order chi connectivity index (χ1) is 20.2. The number of rotatable bonds is 6. The second-order valence-electron chi connectivity index (χ2n) is 11.7. The third-order valence-electron chi connectivity index (χ3n) is 8.78. The van der Waals surface area contributed by atoms with Gasteiger partial charge in [0.25, 0.3) is 5.91 Å². The van der Waals surface area contributed by atoms with Crippen LogP contribution in [-0.2, 0) is 22.6 Å². The highest BCUT2D eigenvalue weighted by molar-refractivity contribution is 6.25. The van der Waals surface area contributed by atoms with Gasteiger partial charge in [0.1, 0.15) is 22.8 Å². The first kappa shape index (κ1) is 29.7. The number of carbonyl (C=O) groups excluding carboxylic acids is 3. The van der Waals surface area contributed by atoms with Crippen LogP contribution in [0.5, 0.6) is 5.75 Å². The van der Waals surface area contributed by atoms with Gasteiger partial charge in [-0.05, 0) is 62.2 Å². The second-order valence-corrected chi connectivity index (χ2v) is 11.7. The highest BCUT2D eigenvalue weighted by Crippen LogP contribution is 2.53. The van der Waals surface area contributed by atoms with E-state index in [9.17, 15) is 34.8 Å². The lowest BCUT2D eigenvalue weighted by molar-refractivity contribution is -0.148. The molecule has 0 saturated heterocycles. The third kappa shape index (κ3) is 4.42. The molecule has 2 aromatic carbocycles. The Morgan fingerprint density at radius 1 is 1.14 bits per heavy atom. The van der Waals surface area contributed by atoms with E-state index in [1.807, 2.05) is 17.0 Å². The number of phenols is 1. The van der Waals surface area contributed by atoms with Crippen molar-refractivity contribution in [3.05, 3.63) is 75.3 Å². The summed E-state index contributed by atoms with van der Waals surface area (Å²) in [6.45, 7) is 0.308. The van der Waals surface area contributed by atoms with Crippen molar-refractivity contribution in [2.24, 2.45) is 17.6 Å². The Bertz CT molecular complexity index is 1670. The van der Waals surface area contributed by atoms with E-state index in [1.54, 1.807) is 46.4 Å². The Labute approximate surface area is 248 Å². The zero-order valence-corrected chi connectivity index (χ0v) is 24.3. The molecule has 2 aromatic rings. The van der Waals surface area contributed by atoms with Crippen molar-refractivity contribution in [2.45, 2.75) is 31.0 Å². The number of nitrogens with one attached hydrogen (secondary N) is 1. The minimum atomic E-state index is -2.69. The van der Waals surface area contributed by atoms with Crippen LogP contribution in [0, 0.1) is 24.2 Å². The first-order valence-electron chi connectivity index (χ1n) is 13.7. The number of Topliss-reactive ketones (excluding diaryl/α,β-unsaturated/α-hetero) is 2. The summed E-state index contributed by atoms with van der Waals surface area (Å²) in [4.78, 5) is 43.2. The number of phenolic OH excluding ortho intramolecular Hbond substituents is 1. The molecule has 7 N–H and O–H groups in total. The summed E-state index contributed by atoms with van der Waals surface area (Å²) in [5.74, 6) is -4.30. The lowest BCUT2D eigenvalue weighted by Gasteiger charge is -2.50. The number of aliphatic hydroxyl groups excluding tert-OH is 2. The number of primary amides is 1. The fourth-order valence-corrected chi connectivity index (χ4v) is 6.75. The summed E-state index contributed by atoms with van der Waals surface area (Å²) in [6, 6.07) is 7.97. The van der Waals surface area contributed by atoms with Crippen molar-refractivity contribution in [3.8, 4) is 18.1 Å². The number of hydrogen-bond donors (Lipinski definition) is 6. The Hall–Kier alpha value is -4.79. The molecule has 5 rings (SSSR count). The van der Waals surface area contributed by atoms with Crippen LogP contribution >= 0.6 is 0 Å². The van der Waals surface area contributed by atoms with Crippen LogP contribution in [-0.4, -0.2) is 82.6 Å². The number of benzene rings is 2. The number of likely N-dealkylation sites (N-methyl/N-ethyl adjacent to an activating group) is 1. The Morgan fingerprint density at radius 2 is 1.79 bits per heavy atom. The molecule has 1 amide bonds. The highest BCUT2D eigenvalue weighted by atomic mass is 16.3. The molecule has 4 atom stereocenters. The number of nitrogens with two attached hydrogens (primary N) is 1. The van der Waals surface area contributed by atoms with Gasteiger partial charge in [-0.1, -0.05) is 18.1 Å². The number of nitrogens with zero attached hydrogens (tertiary/aromatic N) is 2. The average molecular weight is 587 g/mol. The SMILES string of the molecule is C#Cc1ccc(CNc2cc(N(C)C)c3c(c2O)C(=O)C2=C(O)[C@]4(O)C(=O)C(C(N)=O)=C(O)[C@@H](N(C)C)[C@@H]4C[C@@H]2C3)cc1. The van der Waals surface area contributed by atoms with Gasteiger partial charge in [0.2, 0.25) is 5.78 Å². The molecule has 224 valence electrons. The predicted octanol–water partition coefficient (Wildman–Crippen LogP) is 1.78. The molecule has 43 heavy (non-hydrogen) atoms. The maximum absolute atomic E-state index is 14.1. The lowest BCUT2D eigenvalue weighted by Crippen LogP contribution is -2.63. The van der Waals surface area contributed by atoms with Gasteiger partial charge in [-0.3, -0.25) is 19.3 Å². The van der Waals surface area contributed by atoms with E-state index in [0.717, 1.165) is 11.1 Å². The van der Waals surface area contributed by atoms with Crippen molar-refractivity contribution in [2.75, 3.05) is 38.4 Å². The van der Waals surface area contributed by atoms with Crippen LogP contribution in [0.4, 0.5) is 11.4 Å². The molecule has 0 fully saturated rings. The monoisotopic (exact) mass is 586 g/mol. The van der Waals surface area contributed by atoms with Crippen molar-refractivity contribution >= 4 is 28.8 Å². The Balaban J connectivity index is 1.63. The van der Waals surface area contributed by atoms with E-state index in [4.69, 9.17) is 12.2 Å². The van der Waals surface area contributed by atoms with E-state index < -0.39 is 58.0 Å². The Kier molecular flexibility index (Phi) is 7.24. The molecule has 0 radical (unpaired) electrons. The number of aromatic hydroxyl groups is 1. The molecule has 0 aromatic heterocycles. The maximum Gasteiger partial charge on any atom is 0.255 e. The summed E-state index contributed by atoms with van der Waals surface area (Å²) < 4.78 is 0. The maximum atomic E-state index is 14.1. The van der Waals surface area contributed by atoms with Crippen molar-refractivity contribution < 1.29 is 34.8 Å². The normalized spacial score (nSPS) is 24.7. The molecule has 11 nitrogen and oxygen atoms in total. The topological polar surface area (TPSA) is 177 Å². The number of aliphatic hydroxyl groups is 3. The number of terminal acetylenes is 1. The molecular formula is C32H34N4O7. The molecule has 0 aliphatic heterocycles. The van der Waals surface area contributed by atoms with Crippen LogP contribution in [0.1, 0.15) is 33.5 Å². The minimum absolute atomic E-state index is 0.0209.